The number of unbranched alkanes of at least 4 members (excludes halogenated alkanes) is 1. The van der Waals surface area contributed by atoms with Crippen molar-refractivity contribution in [3.63, 3.8) is 0 Å². The van der Waals surface area contributed by atoms with Crippen LogP contribution in [0.25, 0.3) is 11.3 Å². The van der Waals surface area contributed by atoms with Crippen molar-refractivity contribution in [3.05, 3.63) is 37.1 Å². The first-order valence-corrected chi connectivity index (χ1v) is 20.7. The molecule has 3 saturated heterocycles. The maximum absolute atomic E-state index is 14.7. The monoisotopic (exact) mass is 812 g/mol. The molecule has 5 heterocycles. The Kier molecular flexibility index (Phi) is 14.1. The molecule has 3 aliphatic heterocycles. The number of hydrogen-bond donors (Lipinski definition) is 1. The lowest BCUT2D eigenvalue weighted by Crippen LogP contribution is -2.60. The summed E-state index contributed by atoms with van der Waals surface area (Å²) in [6.07, 6.45) is 4.71. The third kappa shape index (κ3) is 9.33. The lowest BCUT2D eigenvalue weighted by atomic mass is 9.73. The second-order valence-electron chi connectivity index (χ2n) is 17.3. The van der Waals surface area contributed by atoms with Crippen molar-refractivity contribution in [3.8, 4) is 11.3 Å². The Bertz CT molecular complexity index is 1760. The highest BCUT2D eigenvalue weighted by atomic mass is 16.7. The number of imidazole rings is 1. The van der Waals surface area contributed by atoms with Crippen molar-refractivity contribution in [2.75, 3.05) is 27.7 Å². The fourth-order valence-corrected chi connectivity index (χ4v) is 9.41. The lowest BCUT2D eigenvalue weighted by molar-refractivity contribution is -0.295. The van der Waals surface area contributed by atoms with Crippen LogP contribution in [0.5, 0.6) is 0 Å². The number of nitrogens with zero attached hydrogens (tertiary/aromatic N) is 5. The van der Waals surface area contributed by atoms with Gasteiger partial charge >= 0.3 is 12.1 Å². The molecular weight excluding hydrogens is 746 g/mol. The first kappa shape index (κ1) is 43.8. The Labute approximate surface area is 344 Å². The summed E-state index contributed by atoms with van der Waals surface area (Å²) in [7, 11) is 5.28. The van der Waals surface area contributed by atoms with E-state index < -0.39 is 83.4 Å². The molecule has 0 unspecified atom stereocenters. The van der Waals surface area contributed by atoms with Crippen LogP contribution in [-0.2, 0) is 44.6 Å². The van der Waals surface area contributed by atoms with Crippen molar-refractivity contribution in [2.24, 2.45) is 23.7 Å². The number of cyclic esters (lactones) is 1. The van der Waals surface area contributed by atoms with Gasteiger partial charge in [0, 0.05) is 68.1 Å². The highest BCUT2D eigenvalue weighted by molar-refractivity contribution is 6.00. The average Bonchev–Trinajstić information content (AvgIpc) is 3.79. The summed E-state index contributed by atoms with van der Waals surface area (Å²) < 4.78 is 41.4. The minimum absolute atomic E-state index is 0.126. The van der Waals surface area contributed by atoms with E-state index in [-0.39, 0.29) is 30.8 Å². The molecule has 0 aromatic carbocycles. The normalized spacial score (nSPS) is 36.9. The molecule has 2 aromatic rings. The Hall–Kier alpha value is -3.76. The third-order valence-corrected chi connectivity index (χ3v) is 12.8. The molecule has 3 aliphatic rings. The summed E-state index contributed by atoms with van der Waals surface area (Å²) in [6, 6.07) is 2.79. The van der Waals surface area contributed by atoms with Crippen molar-refractivity contribution in [2.45, 2.75) is 148 Å². The molecule has 2 aromatic heterocycles. The molecule has 1 N–H and O–H groups in total. The number of aromatic nitrogens is 3. The highest BCUT2D eigenvalue weighted by Crippen LogP contribution is 2.43. The van der Waals surface area contributed by atoms with Gasteiger partial charge in [-0.3, -0.25) is 19.4 Å². The van der Waals surface area contributed by atoms with Gasteiger partial charge in [-0.05, 0) is 86.0 Å². The molecule has 0 saturated carbocycles. The SMILES string of the molecule is [2H]O[C@H]1[C@H](O[C@@H]2[C@@H](C)C(=O)[C@@H](C)C(=O)O[C@H](CC)[C@@]3(C)OC(=O)N(CCCCn4cnc(-c5cccnc5)c4)[C@@H]3[C@@H](C)C(=O)[C@H](C)C[C@@]2(C)OC)O[C@H](C)C[C@@H]1N(C)C. The summed E-state index contributed by atoms with van der Waals surface area (Å²) in [6.45, 7) is 14.9. The number of ether oxygens (including phenoxy) is 5. The van der Waals surface area contributed by atoms with Crippen LogP contribution in [0, 0.1) is 23.7 Å². The minimum atomic E-state index is -1.41. The van der Waals surface area contributed by atoms with Crippen molar-refractivity contribution < 1.29 is 48.0 Å². The molecule has 0 spiro atoms. The summed E-state index contributed by atoms with van der Waals surface area (Å²) >= 11 is 0. The van der Waals surface area contributed by atoms with E-state index >= 15 is 0 Å². The summed E-state index contributed by atoms with van der Waals surface area (Å²) in [5.74, 6) is -4.98. The zero-order valence-electron chi connectivity index (χ0n) is 37.1. The number of carbonyl (C=O) groups excluding carboxylic acids is 4. The van der Waals surface area contributed by atoms with Gasteiger partial charge in [0.1, 0.15) is 23.9 Å². The zero-order chi connectivity index (χ0) is 43.4. The number of likely N-dealkylation sites (N-methyl/N-ethyl adjacent to an activating group) is 1. The van der Waals surface area contributed by atoms with Crippen LogP contribution in [-0.4, -0.2) is 136 Å². The van der Waals surface area contributed by atoms with E-state index in [1.807, 2.05) is 62.7 Å². The van der Waals surface area contributed by atoms with Crippen LogP contribution in [0.1, 0.15) is 87.5 Å². The summed E-state index contributed by atoms with van der Waals surface area (Å²) in [5, 5.41) is 5.21. The number of amides is 1. The highest BCUT2D eigenvalue weighted by Gasteiger charge is 2.60. The van der Waals surface area contributed by atoms with E-state index in [4.69, 9.17) is 30.2 Å². The quantitative estimate of drug-likeness (QED) is 0.174. The Morgan fingerprint density at radius 2 is 1.78 bits per heavy atom. The summed E-state index contributed by atoms with van der Waals surface area (Å²) in [5.41, 5.74) is -0.953. The van der Waals surface area contributed by atoms with Gasteiger partial charge in [0.2, 0.25) is 1.43 Å². The van der Waals surface area contributed by atoms with Gasteiger partial charge in [0.05, 0.1) is 35.9 Å². The van der Waals surface area contributed by atoms with E-state index in [0.717, 1.165) is 11.3 Å². The van der Waals surface area contributed by atoms with Gasteiger partial charge in [-0.15, -0.1) is 0 Å². The third-order valence-electron chi connectivity index (χ3n) is 12.8. The predicted octanol–water partition coefficient (Wildman–Crippen LogP) is 4.93. The first-order valence-electron chi connectivity index (χ1n) is 21.2. The molecule has 15 heteroatoms. The Balaban J connectivity index is 1.44. The number of pyridine rings is 1. The lowest BCUT2D eigenvalue weighted by Gasteiger charge is -2.47. The molecule has 5 rings (SSSR count). The van der Waals surface area contributed by atoms with Crippen LogP contribution < -0.4 is 0 Å². The number of Topliss-reactive ketones (excluding diaryl/α,β-unsaturated/α-hetero) is 2. The van der Waals surface area contributed by atoms with Crippen molar-refractivity contribution >= 4 is 23.6 Å². The van der Waals surface area contributed by atoms with Crippen molar-refractivity contribution in [1.29, 1.82) is 1.43 Å². The van der Waals surface area contributed by atoms with Crippen LogP contribution in [0.4, 0.5) is 4.79 Å². The molecule has 322 valence electrons. The number of ketones is 2. The van der Waals surface area contributed by atoms with Gasteiger partial charge in [-0.1, -0.05) is 27.7 Å². The number of fused-ring (bicyclic) bond motifs is 1. The maximum atomic E-state index is 14.7. The van der Waals surface area contributed by atoms with E-state index in [1.165, 1.54) is 14.0 Å². The number of aryl methyl sites for hydroxylation is 1. The number of hydrogen-bond acceptors (Lipinski definition) is 13. The van der Waals surface area contributed by atoms with Crippen LogP contribution in [0.15, 0.2) is 37.1 Å². The molecular formula is C43H65N5O10. The molecule has 13 atom stereocenters. The molecule has 0 radical (unpaired) electrons. The number of methoxy groups -OCH3 is 1. The van der Waals surface area contributed by atoms with E-state index in [0.29, 0.717) is 32.4 Å². The van der Waals surface area contributed by atoms with Crippen LogP contribution in [0.3, 0.4) is 0 Å². The second kappa shape index (κ2) is 18.7. The van der Waals surface area contributed by atoms with Gasteiger partial charge in [0.25, 0.3) is 0 Å². The Morgan fingerprint density at radius 1 is 1.05 bits per heavy atom. The topological polar surface area (TPSA) is 172 Å². The largest absolute Gasteiger partial charge is 0.458 e. The number of esters is 1. The van der Waals surface area contributed by atoms with Gasteiger partial charge in [0.15, 0.2) is 17.7 Å². The van der Waals surface area contributed by atoms with E-state index in [9.17, 15) is 19.2 Å². The van der Waals surface area contributed by atoms with Gasteiger partial charge < -0.3 is 43.2 Å². The standard InChI is InChI=1S/C43H65N5O10/c1-12-33-43(8)37(48(41(53)58-43)19-14-13-18-47-23-31(45-24-47)30-16-15-17-44-22-30)27(4)34(49)25(2)21-42(7,54-11)38(28(5)35(50)29(6)39(52)56-33)57-40-36(51)32(46(9)10)20-26(3)55-40/h15-17,22-29,32-33,36-38,40,51H,12-14,18-21H2,1-11H3/t25-,26-,27+,28+,29-,32+,33-,36-,37-,38-,40+,42-,43-/m1/s1/i51D. The summed E-state index contributed by atoms with van der Waals surface area (Å²) in [4.78, 5) is 69.2. The molecule has 0 aliphatic carbocycles. The molecule has 3 fully saturated rings. The smallest absolute Gasteiger partial charge is 0.410 e. The molecule has 0 bridgehead atoms. The van der Waals surface area contributed by atoms with Crippen LogP contribution >= 0.6 is 0 Å². The Morgan fingerprint density at radius 3 is 2.41 bits per heavy atom. The molecule has 58 heavy (non-hydrogen) atoms. The van der Waals surface area contributed by atoms with Gasteiger partial charge in [-0.2, -0.15) is 0 Å². The maximum Gasteiger partial charge on any atom is 0.410 e. The van der Waals surface area contributed by atoms with Gasteiger partial charge in [-0.25, -0.2) is 9.78 Å². The fourth-order valence-electron chi connectivity index (χ4n) is 9.41. The molecule has 15 nitrogen and oxygen atoms in total. The fraction of sp³-hybridized carbons (Fsp3) is 0.721. The minimum Gasteiger partial charge on any atom is -0.458 e. The first-order chi connectivity index (χ1) is 27.9. The van der Waals surface area contributed by atoms with E-state index in [1.54, 1.807) is 51.3 Å². The van der Waals surface area contributed by atoms with Crippen LogP contribution in [0.2, 0.25) is 0 Å². The zero-order valence-corrected chi connectivity index (χ0v) is 36.1. The number of rotatable bonds is 12. The number of aliphatic hydroxyl groups is 1. The predicted molar refractivity (Wildman–Crippen MR) is 214 cm³/mol. The number of aliphatic hydroxyl groups excluding tert-OH is 1. The van der Waals surface area contributed by atoms with E-state index in [2.05, 4.69) is 9.97 Å². The second-order valence-corrected chi connectivity index (χ2v) is 17.3. The van der Waals surface area contributed by atoms with Crippen molar-refractivity contribution in [1.82, 2.24) is 24.3 Å². The number of carbonyl (C=O) groups is 4. The molecule has 1 amide bonds. The average molecular weight is 813 g/mol.